The molecule has 0 heterocycles. The zero-order valence-corrected chi connectivity index (χ0v) is 19.9. The third-order valence-corrected chi connectivity index (χ3v) is 4.96. The smallest absolute Gasteiger partial charge is 1.00 e. The second kappa shape index (κ2) is 18.0. The molecule has 0 fully saturated rings. The minimum Gasteiger partial charge on any atom is -1.00 e. The van der Waals surface area contributed by atoms with Crippen molar-refractivity contribution in [2.45, 2.75) is 110 Å². The van der Waals surface area contributed by atoms with Crippen LogP contribution in [-0.2, 0) is 9.59 Å². The van der Waals surface area contributed by atoms with E-state index >= 15 is 0 Å². The molecule has 144 valence electrons. The number of hydrogen-bond acceptors (Lipinski definition) is 2. The van der Waals surface area contributed by atoms with Gasteiger partial charge in [0.25, 0.3) is 0 Å². The topological polar surface area (TPSA) is 74.6 Å². The monoisotopic (exact) mass is 382 g/mol. The fourth-order valence-corrected chi connectivity index (χ4v) is 3.37. The summed E-state index contributed by atoms with van der Waals surface area (Å²) in [4.78, 5) is 23.0. The van der Waals surface area contributed by atoms with Gasteiger partial charge in [-0.15, -0.1) is 0 Å². The summed E-state index contributed by atoms with van der Waals surface area (Å²) in [5.74, 6) is -1.92. The van der Waals surface area contributed by atoms with Crippen LogP contribution < -0.4 is 51.4 Å². The standard InChI is InChI=1S/C20H38O4.K.H/c1-3-5-7-9-11-13-15-20(19(23)24,17-18(21)22)16-14-12-10-8-6-4-2;;/h3-17H2,1-2H3,(H,21,22)(H,23,24);;/q;+1;-1. The minimum atomic E-state index is -1.07. The number of aliphatic carboxylic acids is 2. The average molecular weight is 383 g/mol. The van der Waals surface area contributed by atoms with E-state index in [2.05, 4.69) is 13.8 Å². The van der Waals surface area contributed by atoms with Gasteiger partial charge in [0.15, 0.2) is 0 Å². The summed E-state index contributed by atoms with van der Waals surface area (Å²) in [6.45, 7) is 4.34. The molecule has 2 N–H and O–H groups in total. The van der Waals surface area contributed by atoms with Crippen molar-refractivity contribution in [3.05, 3.63) is 0 Å². The number of unbranched alkanes of at least 4 members (excludes halogenated alkanes) is 10. The molecule has 0 aromatic rings. The molecule has 0 amide bonds. The first-order chi connectivity index (χ1) is 11.5. The van der Waals surface area contributed by atoms with Crippen LogP contribution in [0.5, 0.6) is 0 Å². The summed E-state index contributed by atoms with van der Waals surface area (Å²) in [7, 11) is 0. The first-order valence-electron chi connectivity index (χ1n) is 9.93. The second-order valence-corrected chi connectivity index (χ2v) is 7.19. The number of carboxylic acids is 2. The minimum absolute atomic E-state index is 0. The number of hydrogen-bond donors (Lipinski definition) is 2. The Hall–Kier alpha value is 0.576. The molecule has 0 aliphatic rings. The van der Waals surface area contributed by atoms with Gasteiger partial charge in [0.05, 0.1) is 11.8 Å². The first kappa shape index (κ1) is 27.8. The van der Waals surface area contributed by atoms with Gasteiger partial charge in [-0.2, -0.15) is 0 Å². The summed E-state index contributed by atoms with van der Waals surface area (Å²) >= 11 is 0. The van der Waals surface area contributed by atoms with E-state index in [1.165, 1.54) is 38.5 Å². The molecular weight excluding hydrogens is 343 g/mol. The summed E-state index contributed by atoms with van der Waals surface area (Å²) in [6.07, 6.45) is 13.8. The van der Waals surface area contributed by atoms with Crippen molar-refractivity contribution in [3.8, 4) is 0 Å². The molecule has 0 saturated heterocycles. The van der Waals surface area contributed by atoms with Gasteiger partial charge in [0.1, 0.15) is 0 Å². The molecule has 4 nitrogen and oxygen atoms in total. The molecule has 25 heavy (non-hydrogen) atoms. The zero-order valence-electron chi connectivity index (χ0n) is 17.8. The molecule has 0 aliphatic carbocycles. The van der Waals surface area contributed by atoms with E-state index in [1.54, 1.807) is 0 Å². The fraction of sp³-hybridized carbons (Fsp3) is 0.900. The molecule has 0 saturated carbocycles. The average Bonchev–Trinajstić information content (AvgIpc) is 2.53. The summed E-state index contributed by atoms with van der Waals surface area (Å²) < 4.78 is 0. The van der Waals surface area contributed by atoms with Crippen LogP contribution in [0, 0.1) is 5.41 Å². The Bertz CT molecular complexity index is 335. The molecule has 0 unspecified atom stereocenters. The normalized spacial score (nSPS) is 11.1. The molecular formula is C20H39KO4. The molecule has 0 spiro atoms. The Morgan fingerprint density at radius 2 is 1.08 bits per heavy atom. The van der Waals surface area contributed by atoms with Crippen LogP contribution in [0.2, 0.25) is 0 Å². The van der Waals surface area contributed by atoms with Crippen LogP contribution in [0.15, 0.2) is 0 Å². The first-order valence-corrected chi connectivity index (χ1v) is 9.93. The predicted octanol–water partition coefficient (Wildman–Crippen LogP) is 3.15. The van der Waals surface area contributed by atoms with Gasteiger partial charge in [-0.3, -0.25) is 9.59 Å². The van der Waals surface area contributed by atoms with Crippen LogP contribution in [0.3, 0.4) is 0 Å². The summed E-state index contributed by atoms with van der Waals surface area (Å²) in [6, 6.07) is 0. The largest absolute Gasteiger partial charge is 1.00 e. The van der Waals surface area contributed by atoms with Crippen LogP contribution in [-0.4, -0.2) is 22.2 Å². The van der Waals surface area contributed by atoms with Crippen LogP contribution in [0.1, 0.15) is 112 Å². The Kier molecular flexibility index (Phi) is 20.0. The zero-order chi connectivity index (χ0) is 18.3. The van der Waals surface area contributed by atoms with Crippen molar-refractivity contribution in [2.24, 2.45) is 5.41 Å². The maximum absolute atomic E-state index is 11.8. The van der Waals surface area contributed by atoms with Gasteiger partial charge in [-0.1, -0.05) is 90.9 Å². The molecule has 0 atom stereocenters. The van der Waals surface area contributed by atoms with Crippen molar-refractivity contribution in [1.82, 2.24) is 0 Å². The number of rotatable bonds is 17. The van der Waals surface area contributed by atoms with Gasteiger partial charge < -0.3 is 11.6 Å². The SMILES string of the molecule is CCCCCCCCC(CCCCCCCC)(CC(=O)O)C(=O)O.[H-].[K+]. The fourth-order valence-electron chi connectivity index (χ4n) is 3.37. The van der Waals surface area contributed by atoms with Crippen molar-refractivity contribution in [3.63, 3.8) is 0 Å². The Balaban J connectivity index is -0.00000264. The molecule has 0 aromatic heterocycles. The molecule has 0 aromatic carbocycles. The van der Waals surface area contributed by atoms with Crippen LogP contribution in [0.25, 0.3) is 0 Å². The molecule has 5 heteroatoms. The van der Waals surface area contributed by atoms with Crippen LogP contribution in [0.4, 0.5) is 0 Å². The van der Waals surface area contributed by atoms with Crippen molar-refractivity contribution in [2.75, 3.05) is 0 Å². The Morgan fingerprint density at radius 1 is 0.720 bits per heavy atom. The van der Waals surface area contributed by atoms with E-state index in [1.807, 2.05) is 0 Å². The van der Waals surface area contributed by atoms with Gasteiger partial charge in [0, 0.05) is 0 Å². The second-order valence-electron chi connectivity index (χ2n) is 7.19. The number of carbonyl (C=O) groups is 2. The molecule has 0 radical (unpaired) electrons. The van der Waals surface area contributed by atoms with Crippen molar-refractivity contribution >= 4 is 11.9 Å². The Labute approximate surface area is 198 Å². The van der Waals surface area contributed by atoms with Crippen LogP contribution >= 0.6 is 0 Å². The van der Waals surface area contributed by atoms with Gasteiger partial charge >= 0.3 is 63.3 Å². The number of carboxylic acid groups (broad SMARTS) is 2. The maximum atomic E-state index is 11.8. The third kappa shape index (κ3) is 14.3. The summed E-state index contributed by atoms with van der Waals surface area (Å²) in [5.41, 5.74) is -1.07. The van der Waals surface area contributed by atoms with E-state index in [0.29, 0.717) is 12.8 Å². The predicted molar refractivity (Wildman–Crippen MR) is 99.4 cm³/mol. The third-order valence-electron chi connectivity index (χ3n) is 4.96. The van der Waals surface area contributed by atoms with Crippen molar-refractivity contribution in [1.29, 1.82) is 0 Å². The van der Waals surface area contributed by atoms with E-state index in [9.17, 15) is 19.8 Å². The molecule has 0 aliphatic heterocycles. The van der Waals surface area contributed by atoms with Gasteiger partial charge in [-0.05, 0) is 12.8 Å². The van der Waals surface area contributed by atoms with E-state index in [0.717, 1.165) is 38.5 Å². The molecule has 0 bridgehead atoms. The van der Waals surface area contributed by atoms with E-state index < -0.39 is 17.4 Å². The van der Waals surface area contributed by atoms with E-state index in [-0.39, 0.29) is 59.2 Å². The molecule has 0 rings (SSSR count). The van der Waals surface area contributed by atoms with Gasteiger partial charge in [-0.25, -0.2) is 0 Å². The van der Waals surface area contributed by atoms with Crippen molar-refractivity contribution < 1.29 is 72.6 Å². The van der Waals surface area contributed by atoms with Gasteiger partial charge in [0.2, 0.25) is 0 Å². The summed E-state index contributed by atoms with van der Waals surface area (Å²) in [5, 5.41) is 18.9. The van der Waals surface area contributed by atoms with E-state index in [4.69, 9.17) is 0 Å². The quantitative estimate of drug-likeness (QED) is 0.299. The Morgan fingerprint density at radius 3 is 1.40 bits per heavy atom. The maximum Gasteiger partial charge on any atom is 1.00 e.